The quantitative estimate of drug-likeness (QED) is 0.662. The molecule has 2 aromatic carbocycles. The lowest BCUT2D eigenvalue weighted by Crippen LogP contribution is -2.32. The maximum Gasteiger partial charge on any atom is 0.228 e. The molecule has 4 rings (SSSR count). The van der Waals surface area contributed by atoms with Gasteiger partial charge in [-0.15, -0.1) is 0 Å². The van der Waals surface area contributed by atoms with E-state index < -0.39 is 0 Å². The second-order valence-electron chi connectivity index (χ2n) is 6.97. The number of hydrogen-bond donors (Lipinski definition) is 1. The average molecular weight is 410 g/mol. The van der Waals surface area contributed by atoms with E-state index in [-0.39, 0.29) is 0 Å². The highest BCUT2D eigenvalue weighted by Gasteiger charge is 2.25. The van der Waals surface area contributed by atoms with Gasteiger partial charge >= 0.3 is 0 Å². The summed E-state index contributed by atoms with van der Waals surface area (Å²) in [6, 6.07) is 7.68. The van der Waals surface area contributed by atoms with Crippen LogP contribution in [-0.4, -0.2) is 44.4 Å². The molecule has 1 aromatic heterocycles. The molecule has 0 amide bonds. The summed E-state index contributed by atoms with van der Waals surface area (Å²) in [7, 11) is 4.84. The van der Waals surface area contributed by atoms with E-state index in [1.165, 1.54) is 5.56 Å². The van der Waals surface area contributed by atoms with Gasteiger partial charge in [-0.2, -0.15) is 4.98 Å². The minimum absolute atomic E-state index is 0.400. The fourth-order valence-electron chi connectivity index (χ4n) is 3.82. The number of nitrogens with zero attached hydrogens (tertiary/aromatic N) is 3. The second kappa shape index (κ2) is 8.14. The van der Waals surface area contributed by atoms with E-state index in [2.05, 4.69) is 16.0 Å². The van der Waals surface area contributed by atoms with Gasteiger partial charge in [0.1, 0.15) is 5.82 Å². The molecule has 8 heteroatoms. The lowest BCUT2D eigenvalue weighted by Gasteiger charge is -2.31. The highest BCUT2D eigenvalue weighted by molar-refractivity contribution is 5.91. The van der Waals surface area contributed by atoms with Crippen molar-refractivity contribution in [1.29, 1.82) is 0 Å². The van der Waals surface area contributed by atoms with Crippen LogP contribution in [0, 0.1) is 0 Å². The van der Waals surface area contributed by atoms with Crippen molar-refractivity contribution in [3.63, 3.8) is 0 Å². The fraction of sp³-hybridized carbons (Fsp3) is 0.364. The number of nitrogen functional groups attached to an aromatic ring is 1. The summed E-state index contributed by atoms with van der Waals surface area (Å²) in [5.41, 5.74) is 9.32. The van der Waals surface area contributed by atoms with Gasteiger partial charge in [0.2, 0.25) is 5.95 Å². The van der Waals surface area contributed by atoms with Crippen molar-refractivity contribution in [2.24, 2.45) is 0 Å². The maximum atomic E-state index is 6.28. The van der Waals surface area contributed by atoms with Crippen LogP contribution in [-0.2, 0) is 13.0 Å². The molecule has 3 aromatic rings. The van der Waals surface area contributed by atoms with Gasteiger partial charge in [-0.1, -0.05) is 6.07 Å². The van der Waals surface area contributed by atoms with Crippen LogP contribution in [0.3, 0.4) is 0 Å². The molecule has 158 valence electrons. The molecule has 2 heterocycles. The first kappa shape index (κ1) is 19.9. The topological polar surface area (TPSA) is 92.0 Å². The molecule has 0 fully saturated rings. The highest BCUT2D eigenvalue weighted by atomic mass is 16.5. The molecule has 0 radical (unpaired) electrons. The number of anilines is 2. The molecule has 0 atom stereocenters. The van der Waals surface area contributed by atoms with Crippen LogP contribution in [0.4, 0.5) is 11.8 Å². The van der Waals surface area contributed by atoms with Crippen molar-refractivity contribution in [3.05, 3.63) is 35.4 Å². The highest BCUT2D eigenvalue weighted by Crippen LogP contribution is 2.38. The first-order valence-electron chi connectivity index (χ1n) is 9.85. The summed E-state index contributed by atoms with van der Waals surface area (Å²) >= 11 is 0. The lowest BCUT2D eigenvalue weighted by molar-refractivity contribution is 0.306. The van der Waals surface area contributed by atoms with E-state index in [1.54, 1.807) is 27.4 Å². The van der Waals surface area contributed by atoms with Crippen molar-refractivity contribution in [2.45, 2.75) is 19.9 Å². The lowest BCUT2D eigenvalue weighted by atomic mass is 9.98. The Morgan fingerprint density at radius 3 is 2.43 bits per heavy atom. The summed E-state index contributed by atoms with van der Waals surface area (Å²) in [6.07, 6.45) is 0.854. The Hall–Kier alpha value is -3.42. The summed E-state index contributed by atoms with van der Waals surface area (Å²) in [6.45, 7) is 3.92. The average Bonchev–Trinajstić information content (AvgIpc) is 2.78. The number of hydrogen-bond acceptors (Lipinski definition) is 8. The number of methoxy groups -OCH3 is 3. The summed E-state index contributed by atoms with van der Waals surface area (Å²) in [5, 5.41) is 0.727. The molecular weight excluding hydrogens is 384 g/mol. The van der Waals surface area contributed by atoms with Crippen LogP contribution in [0.5, 0.6) is 23.0 Å². The van der Waals surface area contributed by atoms with Gasteiger partial charge in [0.25, 0.3) is 0 Å². The van der Waals surface area contributed by atoms with Crippen LogP contribution in [0.15, 0.2) is 24.3 Å². The number of ether oxygens (including phenoxy) is 4. The SMILES string of the molecule is CCOc1c(OC)ccc2c1CN(c1nc(N)c3cc(OC)c(OC)cc3n1)CC2. The monoisotopic (exact) mass is 410 g/mol. The Kier molecular flexibility index (Phi) is 5.39. The first-order valence-corrected chi connectivity index (χ1v) is 9.85. The number of nitrogens with two attached hydrogens (primary N) is 1. The summed E-state index contributed by atoms with van der Waals surface area (Å²) in [5.74, 6) is 3.67. The number of benzene rings is 2. The molecule has 1 aliphatic heterocycles. The number of fused-ring (bicyclic) bond motifs is 2. The van der Waals surface area contributed by atoms with E-state index >= 15 is 0 Å². The Morgan fingerprint density at radius 2 is 1.73 bits per heavy atom. The van der Waals surface area contributed by atoms with Crippen molar-refractivity contribution < 1.29 is 18.9 Å². The molecule has 0 saturated heterocycles. The smallest absolute Gasteiger partial charge is 0.228 e. The molecule has 0 unspecified atom stereocenters. The van der Waals surface area contributed by atoms with Gasteiger partial charge in [-0.3, -0.25) is 0 Å². The predicted molar refractivity (Wildman–Crippen MR) is 116 cm³/mol. The zero-order valence-corrected chi connectivity index (χ0v) is 17.7. The predicted octanol–water partition coefficient (Wildman–Crippen LogP) is 3.20. The molecular formula is C22H26N4O4. The molecule has 8 nitrogen and oxygen atoms in total. The fourth-order valence-corrected chi connectivity index (χ4v) is 3.82. The largest absolute Gasteiger partial charge is 0.493 e. The van der Waals surface area contributed by atoms with Gasteiger partial charge < -0.3 is 29.6 Å². The molecule has 1 aliphatic rings. The van der Waals surface area contributed by atoms with Crippen molar-refractivity contribution >= 4 is 22.7 Å². The minimum Gasteiger partial charge on any atom is -0.493 e. The van der Waals surface area contributed by atoms with Crippen LogP contribution < -0.4 is 29.6 Å². The number of rotatable bonds is 6. The molecule has 30 heavy (non-hydrogen) atoms. The van der Waals surface area contributed by atoms with Gasteiger partial charge in [0, 0.05) is 30.1 Å². The third-order valence-electron chi connectivity index (χ3n) is 5.33. The molecule has 2 N–H and O–H groups in total. The van der Waals surface area contributed by atoms with Crippen molar-refractivity contribution in [3.8, 4) is 23.0 Å². The Morgan fingerprint density at radius 1 is 1.00 bits per heavy atom. The van der Waals surface area contributed by atoms with Crippen LogP contribution in [0.2, 0.25) is 0 Å². The second-order valence-corrected chi connectivity index (χ2v) is 6.97. The van der Waals surface area contributed by atoms with Gasteiger partial charge in [-0.05, 0) is 31.0 Å². The Balaban J connectivity index is 1.75. The third-order valence-corrected chi connectivity index (χ3v) is 5.33. The van der Waals surface area contributed by atoms with Gasteiger partial charge in [-0.25, -0.2) is 4.98 Å². The van der Waals surface area contributed by atoms with Gasteiger partial charge in [0.15, 0.2) is 23.0 Å². The van der Waals surface area contributed by atoms with E-state index in [1.807, 2.05) is 19.1 Å². The van der Waals surface area contributed by atoms with E-state index in [0.29, 0.717) is 41.9 Å². The van der Waals surface area contributed by atoms with Crippen molar-refractivity contribution in [1.82, 2.24) is 9.97 Å². The maximum absolute atomic E-state index is 6.28. The van der Waals surface area contributed by atoms with E-state index in [0.717, 1.165) is 35.4 Å². The Bertz CT molecular complexity index is 1090. The summed E-state index contributed by atoms with van der Waals surface area (Å²) in [4.78, 5) is 11.4. The summed E-state index contributed by atoms with van der Waals surface area (Å²) < 4.78 is 22.2. The van der Waals surface area contributed by atoms with E-state index in [4.69, 9.17) is 29.7 Å². The standard InChI is InChI=1S/C22H26N4O4/c1-5-30-20-15-12-26(9-8-13(15)6-7-17(20)27-2)22-24-16-11-19(29-4)18(28-3)10-14(16)21(23)25-22/h6-7,10-11H,5,8-9,12H2,1-4H3,(H2,23,24,25). The molecule has 0 spiro atoms. The minimum atomic E-state index is 0.400. The number of aromatic nitrogens is 2. The van der Waals surface area contributed by atoms with Crippen molar-refractivity contribution in [2.75, 3.05) is 45.1 Å². The third kappa shape index (κ3) is 3.38. The van der Waals surface area contributed by atoms with Crippen LogP contribution >= 0.6 is 0 Å². The van der Waals surface area contributed by atoms with Crippen LogP contribution in [0.1, 0.15) is 18.1 Å². The molecule has 0 aliphatic carbocycles. The zero-order chi connectivity index (χ0) is 21.3. The zero-order valence-electron chi connectivity index (χ0n) is 17.7. The Labute approximate surface area is 175 Å². The van der Waals surface area contributed by atoms with Gasteiger partial charge in [0.05, 0.1) is 33.5 Å². The molecule has 0 saturated carbocycles. The van der Waals surface area contributed by atoms with Crippen LogP contribution in [0.25, 0.3) is 10.9 Å². The molecule has 0 bridgehead atoms. The first-order chi connectivity index (χ1) is 14.6. The normalized spacial score (nSPS) is 13.1. The van der Waals surface area contributed by atoms with E-state index in [9.17, 15) is 0 Å².